The molecule has 0 spiro atoms. The van der Waals surface area contributed by atoms with Crippen LogP contribution in [0, 0.1) is 5.41 Å². The van der Waals surface area contributed by atoms with E-state index in [0.717, 1.165) is 25.8 Å². The van der Waals surface area contributed by atoms with E-state index >= 15 is 0 Å². The highest BCUT2D eigenvalue weighted by Gasteiger charge is 2.42. The standard InChI is InChI=1S/C15H31N3O2/c1-6-9-10-11-18(12(4)5)14(19)15(7-2,8-3)13(16)17-20/h12,20H,6-11H2,1-5H3,(H2,16,17). The highest BCUT2D eigenvalue weighted by molar-refractivity contribution is 6.06. The molecule has 0 unspecified atom stereocenters. The first-order valence-corrected chi connectivity index (χ1v) is 7.70. The van der Waals surface area contributed by atoms with Gasteiger partial charge in [0.1, 0.15) is 5.41 Å². The summed E-state index contributed by atoms with van der Waals surface area (Å²) in [7, 11) is 0. The number of unbranched alkanes of at least 4 members (excludes halogenated alkanes) is 2. The molecule has 0 saturated heterocycles. The molecule has 0 atom stereocenters. The van der Waals surface area contributed by atoms with E-state index < -0.39 is 5.41 Å². The summed E-state index contributed by atoms with van der Waals surface area (Å²) >= 11 is 0. The van der Waals surface area contributed by atoms with E-state index in [1.807, 2.05) is 32.6 Å². The van der Waals surface area contributed by atoms with Crippen molar-refractivity contribution in [2.24, 2.45) is 16.3 Å². The van der Waals surface area contributed by atoms with Crippen LogP contribution in [0.15, 0.2) is 5.16 Å². The lowest BCUT2D eigenvalue weighted by molar-refractivity contribution is -0.140. The first kappa shape index (κ1) is 18.7. The van der Waals surface area contributed by atoms with Gasteiger partial charge in [-0.05, 0) is 33.1 Å². The smallest absolute Gasteiger partial charge is 0.236 e. The van der Waals surface area contributed by atoms with E-state index in [9.17, 15) is 4.79 Å². The van der Waals surface area contributed by atoms with Crippen LogP contribution >= 0.6 is 0 Å². The second-order valence-corrected chi connectivity index (χ2v) is 5.57. The van der Waals surface area contributed by atoms with Crippen molar-refractivity contribution >= 4 is 11.7 Å². The molecule has 3 N–H and O–H groups in total. The quantitative estimate of drug-likeness (QED) is 0.225. The Balaban J connectivity index is 5.27. The van der Waals surface area contributed by atoms with E-state index in [2.05, 4.69) is 12.1 Å². The molecule has 0 radical (unpaired) electrons. The summed E-state index contributed by atoms with van der Waals surface area (Å²) < 4.78 is 0. The molecule has 0 rings (SSSR count). The van der Waals surface area contributed by atoms with E-state index in [4.69, 9.17) is 10.9 Å². The fourth-order valence-electron chi connectivity index (χ4n) is 2.52. The number of amides is 1. The highest BCUT2D eigenvalue weighted by atomic mass is 16.4. The van der Waals surface area contributed by atoms with Crippen molar-refractivity contribution in [3.05, 3.63) is 0 Å². The van der Waals surface area contributed by atoms with Crippen molar-refractivity contribution in [1.82, 2.24) is 4.90 Å². The van der Waals surface area contributed by atoms with Gasteiger partial charge in [-0.25, -0.2) is 0 Å². The minimum absolute atomic E-state index is 0.0219. The molecular weight excluding hydrogens is 254 g/mol. The molecule has 0 heterocycles. The van der Waals surface area contributed by atoms with Crippen molar-refractivity contribution in [2.75, 3.05) is 6.54 Å². The van der Waals surface area contributed by atoms with Gasteiger partial charge in [-0.15, -0.1) is 0 Å². The number of hydrogen-bond acceptors (Lipinski definition) is 3. The van der Waals surface area contributed by atoms with Gasteiger partial charge in [-0.2, -0.15) is 0 Å². The number of nitrogens with two attached hydrogens (primary N) is 1. The Hall–Kier alpha value is -1.26. The lowest BCUT2D eigenvalue weighted by atomic mass is 9.79. The van der Waals surface area contributed by atoms with Crippen molar-refractivity contribution in [3.63, 3.8) is 0 Å². The molecule has 0 aliphatic heterocycles. The maximum absolute atomic E-state index is 12.9. The molecule has 1 amide bonds. The van der Waals surface area contributed by atoms with E-state index in [0.29, 0.717) is 12.8 Å². The summed E-state index contributed by atoms with van der Waals surface area (Å²) in [5.74, 6) is -0.00227. The minimum Gasteiger partial charge on any atom is -0.409 e. The van der Waals surface area contributed by atoms with Crippen LogP contribution in [0.4, 0.5) is 0 Å². The number of rotatable bonds is 9. The molecule has 0 aromatic heterocycles. The summed E-state index contributed by atoms with van der Waals surface area (Å²) in [6.45, 7) is 10.7. The largest absolute Gasteiger partial charge is 0.409 e. The Labute approximate surface area is 123 Å². The predicted octanol–water partition coefficient (Wildman–Crippen LogP) is 2.97. The molecule has 0 aliphatic carbocycles. The number of oxime groups is 1. The van der Waals surface area contributed by atoms with E-state index in [1.165, 1.54) is 0 Å². The molecule has 0 aromatic carbocycles. The summed E-state index contributed by atoms with van der Waals surface area (Å²) in [6, 6.07) is 0.114. The van der Waals surface area contributed by atoms with Crippen LogP contribution in [0.3, 0.4) is 0 Å². The van der Waals surface area contributed by atoms with Gasteiger partial charge in [-0.1, -0.05) is 38.8 Å². The Morgan fingerprint density at radius 2 is 1.80 bits per heavy atom. The normalized spacial score (nSPS) is 12.8. The van der Waals surface area contributed by atoms with Crippen molar-refractivity contribution in [1.29, 1.82) is 0 Å². The van der Waals surface area contributed by atoms with Gasteiger partial charge in [0.05, 0.1) is 0 Å². The maximum Gasteiger partial charge on any atom is 0.236 e. The third-order valence-corrected chi connectivity index (χ3v) is 4.10. The number of nitrogens with zero attached hydrogens (tertiary/aromatic N) is 2. The molecule has 20 heavy (non-hydrogen) atoms. The second-order valence-electron chi connectivity index (χ2n) is 5.57. The zero-order valence-electron chi connectivity index (χ0n) is 13.6. The van der Waals surface area contributed by atoms with Gasteiger partial charge in [0, 0.05) is 12.6 Å². The molecule has 0 aliphatic rings. The third kappa shape index (κ3) is 4.12. The van der Waals surface area contributed by atoms with Gasteiger partial charge in [-0.3, -0.25) is 4.79 Å². The van der Waals surface area contributed by atoms with Gasteiger partial charge in [0.25, 0.3) is 0 Å². The fraction of sp³-hybridized carbons (Fsp3) is 0.867. The van der Waals surface area contributed by atoms with Crippen LogP contribution in [-0.4, -0.2) is 34.4 Å². The Bertz CT molecular complexity index is 323. The number of hydrogen-bond donors (Lipinski definition) is 2. The SMILES string of the molecule is CCCCCN(C(=O)C(CC)(CC)C(N)=NO)C(C)C. The van der Waals surface area contributed by atoms with Gasteiger partial charge < -0.3 is 15.8 Å². The van der Waals surface area contributed by atoms with Gasteiger partial charge >= 0.3 is 0 Å². The fourth-order valence-corrected chi connectivity index (χ4v) is 2.52. The molecular formula is C15H31N3O2. The van der Waals surface area contributed by atoms with Crippen LogP contribution < -0.4 is 5.73 Å². The Morgan fingerprint density at radius 1 is 1.25 bits per heavy atom. The molecule has 118 valence electrons. The molecule has 0 saturated carbocycles. The summed E-state index contributed by atoms with van der Waals surface area (Å²) in [5.41, 5.74) is 4.94. The lowest BCUT2D eigenvalue weighted by Gasteiger charge is -2.37. The van der Waals surface area contributed by atoms with Gasteiger partial charge in [0.2, 0.25) is 5.91 Å². The average molecular weight is 285 g/mol. The number of amidine groups is 1. The molecule has 0 fully saturated rings. The topological polar surface area (TPSA) is 78.9 Å². The molecule has 5 nitrogen and oxygen atoms in total. The number of carbonyl (C=O) groups is 1. The van der Waals surface area contributed by atoms with Gasteiger partial charge in [0.15, 0.2) is 5.84 Å². The predicted molar refractivity (Wildman–Crippen MR) is 82.8 cm³/mol. The van der Waals surface area contributed by atoms with Crippen LogP contribution in [0.2, 0.25) is 0 Å². The number of carbonyl (C=O) groups excluding carboxylic acids is 1. The highest BCUT2D eigenvalue weighted by Crippen LogP contribution is 2.30. The average Bonchev–Trinajstić information content (AvgIpc) is 2.44. The van der Waals surface area contributed by atoms with Crippen LogP contribution in [0.25, 0.3) is 0 Å². The zero-order chi connectivity index (χ0) is 15.8. The lowest BCUT2D eigenvalue weighted by Crippen LogP contribution is -2.53. The van der Waals surface area contributed by atoms with Crippen LogP contribution in [0.1, 0.15) is 66.7 Å². The summed E-state index contributed by atoms with van der Waals surface area (Å²) in [5, 5.41) is 12.1. The first-order chi connectivity index (χ1) is 9.41. The van der Waals surface area contributed by atoms with Crippen LogP contribution in [-0.2, 0) is 4.79 Å². The Kier molecular flexibility index (Phi) is 8.26. The zero-order valence-corrected chi connectivity index (χ0v) is 13.6. The van der Waals surface area contributed by atoms with Crippen molar-refractivity contribution in [3.8, 4) is 0 Å². The molecule has 5 heteroatoms. The molecule has 0 bridgehead atoms. The Morgan fingerprint density at radius 3 is 2.15 bits per heavy atom. The van der Waals surface area contributed by atoms with Crippen molar-refractivity contribution in [2.45, 2.75) is 72.8 Å². The first-order valence-electron chi connectivity index (χ1n) is 7.70. The monoisotopic (exact) mass is 285 g/mol. The van der Waals surface area contributed by atoms with E-state index in [1.54, 1.807) is 0 Å². The summed E-state index contributed by atoms with van der Waals surface area (Å²) in [4.78, 5) is 14.8. The second kappa shape index (κ2) is 8.82. The summed E-state index contributed by atoms with van der Waals surface area (Å²) in [6.07, 6.45) is 4.28. The molecule has 0 aromatic rings. The maximum atomic E-state index is 12.9. The van der Waals surface area contributed by atoms with Crippen LogP contribution in [0.5, 0.6) is 0 Å². The van der Waals surface area contributed by atoms with Crippen molar-refractivity contribution < 1.29 is 10.0 Å². The minimum atomic E-state index is -0.884. The van der Waals surface area contributed by atoms with E-state index in [-0.39, 0.29) is 17.8 Å². The third-order valence-electron chi connectivity index (χ3n) is 4.10.